The second-order valence-corrected chi connectivity index (χ2v) is 11.6. The van der Waals surface area contributed by atoms with E-state index >= 15 is 0 Å². The molecule has 3 aromatic rings. The van der Waals surface area contributed by atoms with E-state index in [0.717, 1.165) is 6.26 Å². The summed E-state index contributed by atoms with van der Waals surface area (Å²) >= 11 is 11.9. The number of anilines is 1. The highest BCUT2D eigenvalue weighted by molar-refractivity contribution is 7.90. The lowest BCUT2D eigenvalue weighted by Gasteiger charge is -2.23. The topological polar surface area (TPSA) is 136 Å². The first-order valence-corrected chi connectivity index (χ1v) is 13.3. The van der Waals surface area contributed by atoms with E-state index in [4.69, 9.17) is 33.7 Å². The number of carboxylic acid groups (broad SMARTS) is 1. The molecular formula is C25H24Cl2N2O6S. The fourth-order valence-electron chi connectivity index (χ4n) is 3.18. The van der Waals surface area contributed by atoms with Gasteiger partial charge in [0, 0.05) is 23.1 Å². The van der Waals surface area contributed by atoms with Crippen LogP contribution in [0.1, 0.15) is 40.7 Å². The van der Waals surface area contributed by atoms with Crippen LogP contribution in [0.25, 0.3) is 0 Å². The lowest BCUT2D eigenvalue weighted by Crippen LogP contribution is -2.29. The average molecular weight is 551 g/mol. The van der Waals surface area contributed by atoms with Gasteiger partial charge in [-0.3, -0.25) is 9.59 Å². The monoisotopic (exact) mass is 550 g/mol. The third-order valence-corrected chi connectivity index (χ3v) is 7.47. The number of nitrogens with one attached hydrogen (secondary N) is 1. The number of halogens is 2. The Morgan fingerprint density at radius 2 is 1.64 bits per heavy atom. The normalized spacial score (nSPS) is 12.6. The van der Waals surface area contributed by atoms with Crippen LogP contribution in [0.4, 0.5) is 5.69 Å². The Kier molecular flexibility index (Phi) is 8.00. The van der Waals surface area contributed by atoms with Crippen molar-refractivity contribution in [2.75, 3.05) is 11.6 Å². The molecule has 0 aliphatic heterocycles. The predicted octanol–water partition coefficient (Wildman–Crippen LogP) is 5.40. The molecule has 0 saturated heterocycles. The molecule has 0 aromatic heterocycles. The van der Waals surface area contributed by atoms with Crippen LogP contribution in [-0.2, 0) is 20.0 Å². The van der Waals surface area contributed by atoms with Crippen molar-refractivity contribution in [1.82, 2.24) is 0 Å². The van der Waals surface area contributed by atoms with Crippen LogP contribution in [0.15, 0.2) is 60.7 Å². The first-order chi connectivity index (χ1) is 16.7. The largest absolute Gasteiger partial charge is 0.481 e. The summed E-state index contributed by atoms with van der Waals surface area (Å²) < 4.78 is 30.3. The first-order valence-electron chi connectivity index (χ1n) is 10.6. The lowest BCUT2D eigenvalue weighted by molar-refractivity contribution is -0.142. The zero-order valence-corrected chi connectivity index (χ0v) is 21.9. The van der Waals surface area contributed by atoms with E-state index < -0.39 is 26.6 Å². The molecule has 3 rings (SSSR count). The molecule has 0 saturated carbocycles. The summed E-state index contributed by atoms with van der Waals surface area (Å²) in [6.45, 7) is 3.01. The zero-order chi connectivity index (χ0) is 26.8. The number of amides is 1. The molecule has 0 fully saturated rings. The van der Waals surface area contributed by atoms with Crippen molar-refractivity contribution < 1.29 is 27.9 Å². The number of sulfone groups is 1. The van der Waals surface area contributed by atoms with Gasteiger partial charge in [-0.2, -0.15) is 0 Å². The van der Waals surface area contributed by atoms with Crippen LogP contribution in [0.5, 0.6) is 11.5 Å². The summed E-state index contributed by atoms with van der Waals surface area (Å²) in [4.78, 5) is 24.2. The van der Waals surface area contributed by atoms with Crippen molar-refractivity contribution in [2.45, 2.75) is 24.6 Å². The molecule has 0 aliphatic carbocycles. The highest BCUT2D eigenvalue weighted by Gasteiger charge is 2.32. The van der Waals surface area contributed by atoms with Crippen molar-refractivity contribution >= 4 is 50.6 Å². The summed E-state index contributed by atoms with van der Waals surface area (Å²) in [5.74, 6) is -0.964. The minimum atomic E-state index is -3.72. The molecule has 3 aromatic carbocycles. The van der Waals surface area contributed by atoms with Crippen LogP contribution in [-0.4, -0.2) is 31.7 Å². The second kappa shape index (κ2) is 10.5. The number of nitrogens with two attached hydrogens (primary N) is 1. The average Bonchev–Trinajstić information content (AvgIpc) is 2.81. The van der Waals surface area contributed by atoms with Crippen LogP contribution >= 0.6 is 23.2 Å². The van der Waals surface area contributed by atoms with Crippen molar-refractivity contribution in [3.8, 4) is 11.5 Å². The van der Waals surface area contributed by atoms with Gasteiger partial charge < -0.3 is 20.9 Å². The number of ether oxygens (including phenoxy) is 1. The minimum absolute atomic E-state index is 0.126. The SMILES string of the molecule is CC(C)(C(=O)O)c1ccc(Oc2ccc(NC(=O)c3ccc(Cl)c(Cl)c3)cc2)c(C(N)S(C)(=O)=O)c1. The third-order valence-electron chi connectivity index (χ3n) is 5.56. The number of hydrogen-bond acceptors (Lipinski definition) is 6. The van der Waals surface area contributed by atoms with E-state index in [0.29, 0.717) is 27.6 Å². The van der Waals surface area contributed by atoms with Gasteiger partial charge in [0.15, 0.2) is 9.84 Å². The summed E-state index contributed by atoms with van der Waals surface area (Å²) in [5.41, 5.74) is 6.01. The molecule has 8 nitrogen and oxygen atoms in total. The Balaban J connectivity index is 1.86. The third kappa shape index (κ3) is 6.17. The second-order valence-electron chi connectivity index (χ2n) is 8.64. The molecule has 0 spiro atoms. The number of carbonyl (C=O) groups excluding carboxylic acids is 1. The summed E-state index contributed by atoms with van der Waals surface area (Å²) in [6.07, 6.45) is 0.988. The van der Waals surface area contributed by atoms with E-state index in [1.54, 1.807) is 36.4 Å². The maximum absolute atomic E-state index is 12.5. The Morgan fingerprint density at radius 1 is 1.00 bits per heavy atom. The molecule has 11 heteroatoms. The van der Waals surface area contributed by atoms with Crippen LogP contribution in [0.2, 0.25) is 10.0 Å². The van der Waals surface area contributed by atoms with Gasteiger partial charge in [-0.05, 0) is 74.0 Å². The molecule has 1 amide bonds. The van der Waals surface area contributed by atoms with Crippen LogP contribution in [0.3, 0.4) is 0 Å². The molecule has 0 bridgehead atoms. The Morgan fingerprint density at radius 3 is 2.19 bits per heavy atom. The van der Waals surface area contributed by atoms with E-state index in [-0.39, 0.29) is 22.2 Å². The van der Waals surface area contributed by atoms with Crippen molar-refractivity contribution in [2.24, 2.45) is 5.73 Å². The molecule has 1 unspecified atom stereocenters. The molecular weight excluding hydrogens is 527 g/mol. The van der Waals surface area contributed by atoms with E-state index in [1.165, 1.54) is 38.1 Å². The van der Waals surface area contributed by atoms with Gasteiger partial charge in [0.2, 0.25) is 0 Å². The first kappa shape index (κ1) is 27.5. The van der Waals surface area contributed by atoms with Gasteiger partial charge in [0.25, 0.3) is 5.91 Å². The molecule has 0 radical (unpaired) electrons. The minimum Gasteiger partial charge on any atom is -0.481 e. The quantitative estimate of drug-likeness (QED) is 0.341. The van der Waals surface area contributed by atoms with Gasteiger partial charge in [-0.25, -0.2) is 8.42 Å². The Bertz CT molecular complexity index is 1420. The fourth-order valence-corrected chi connectivity index (χ4v) is 4.12. The van der Waals surface area contributed by atoms with Crippen LogP contribution in [0, 0.1) is 0 Å². The fraction of sp³-hybridized carbons (Fsp3) is 0.200. The maximum atomic E-state index is 12.5. The van der Waals surface area contributed by atoms with Gasteiger partial charge in [-0.1, -0.05) is 29.3 Å². The van der Waals surface area contributed by atoms with E-state index in [2.05, 4.69) is 5.32 Å². The number of benzene rings is 3. The van der Waals surface area contributed by atoms with Gasteiger partial charge in [0.05, 0.1) is 15.5 Å². The molecule has 4 N–H and O–H groups in total. The number of hydrogen-bond donors (Lipinski definition) is 3. The Hall–Kier alpha value is -3.11. The summed E-state index contributed by atoms with van der Waals surface area (Å²) in [6, 6.07) is 15.4. The molecule has 36 heavy (non-hydrogen) atoms. The van der Waals surface area contributed by atoms with Gasteiger partial charge in [-0.15, -0.1) is 0 Å². The van der Waals surface area contributed by atoms with Crippen molar-refractivity contribution in [3.05, 3.63) is 87.4 Å². The maximum Gasteiger partial charge on any atom is 0.313 e. The van der Waals surface area contributed by atoms with Gasteiger partial charge >= 0.3 is 5.97 Å². The molecule has 190 valence electrons. The predicted molar refractivity (Wildman–Crippen MR) is 140 cm³/mol. The highest BCUT2D eigenvalue weighted by Crippen LogP contribution is 2.35. The Labute approximate surface area is 218 Å². The highest BCUT2D eigenvalue weighted by atomic mass is 35.5. The number of aliphatic carboxylic acids is 1. The number of carboxylic acids is 1. The molecule has 1 atom stereocenters. The van der Waals surface area contributed by atoms with Crippen molar-refractivity contribution in [3.63, 3.8) is 0 Å². The van der Waals surface area contributed by atoms with Crippen molar-refractivity contribution in [1.29, 1.82) is 0 Å². The number of rotatable bonds is 8. The number of carbonyl (C=O) groups is 2. The standard InChI is InChI=1S/C25H24Cl2N2O6S/c1-25(2,24(31)32)15-5-11-21(18(13-15)22(28)36(3,33)34)35-17-8-6-16(7-9-17)29-23(30)14-4-10-19(26)20(27)12-14/h4-13,22H,28H2,1-3H3,(H,29,30)(H,31,32). The smallest absolute Gasteiger partial charge is 0.313 e. The summed E-state index contributed by atoms with van der Waals surface area (Å²) in [5, 5.41) is 11.4. The van der Waals surface area contributed by atoms with E-state index in [9.17, 15) is 23.1 Å². The zero-order valence-electron chi connectivity index (χ0n) is 19.6. The molecule has 0 aliphatic rings. The molecule has 0 heterocycles. The summed E-state index contributed by atoms with van der Waals surface area (Å²) in [7, 11) is -3.72. The van der Waals surface area contributed by atoms with E-state index in [1.807, 2.05) is 0 Å². The van der Waals surface area contributed by atoms with Crippen LogP contribution < -0.4 is 15.8 Å². The van der Waals surface area contributed by atoms with Gasteiger partial charge in [0.1, 0.15) is 16.9 Å². The lowest BCUT2D eigenvalue weighted by atomic mass is 9.84.